The average molecular weight is 270 g/mol. The Morgan fingerprint density at radius 1 is 1.11 bits per heavy atom. The summed E-state index contributed by atoms with van der Waals surface area (Å²) < 4.78 is 10.5. The van der Waals surface area contributed by atoms with Gasteiger partial charge in [-0.3, -0.25) is 0 Å². The van der Waals surface area contributed by atoms with E-state index in [1.54, 1.807) is 7.11 Å². The molecule has 2 aliphatic heterocycles. The van der Waals surface area contributed by atoms with Gasteiger partial charge in [-0.1, -0.05) is 6.92 Å². The number of methoxy groups -OCH3 is 1. The zero-order valence-electron chi connectivity index (χ0n) is 12.6. The van der Waals surface area contributed by atoms with E-state index in [4.69, 9.17) is 9.47 Å². The van der Waals surface area contributed by atoms with Crippen molar-refractivity contribution in [3.63, 3.8) is 0 Å². The molecule has 112 valence electrons. The highest BCUT2D eigenvalue weighted by Crippen LogP contribution is 2.29. The third-order valence-corrected chi connectivity index (χ3v) is 4.54. The van der Waals surface area contributed by atoms with E-state index >= 15 is 0 Å². The fourth-order valence-corrected chi connectivity index (χ4v) is 3.54. The molecule has 0 saturated carbocycles. The van der Waals surface area contributed by atoms with Crippen molar-refractivity contribution in [1.29, 1.82) is 0 Å². The molecular weight excluding hydrogens is 240 g/mol. The lowest BCUT2D eigenvalue weighted by Gasteiger charge is -2.37. The van der Waals surface area contributed by atoms with Crippen molar-refractivity contribution in [3.8, 4) is 0 Å². The molecule has 2 saturated heterocycles. The molecule has 4 nitrogen and oxygen atoms in total. The van der Waals surface area contributed by atoms with E-state index in [9.17, 15) is 0 Å². The zero-order valence-corrected chi connectivity index (χ0v) is 12.6. The van der Waals surface area contributed by atoms with Crippen LogP contribution >= 0.6 is 0 Å². The van der Waals surface area contributed by atoms with E-state index in [0.717, 1.165) is 37.8 Å². The molecule has 2 fully saturated rings. The van der Waals surface area contributed by atoms with Gasteiger partial charge in [0.1, 0.15) is 0 Å². The van der Waals surface area contributed by atoms with Crippen LogP contribution in [0.5, 0.6) is 0 Å². The predicted octanol–water partition coefficient (Wildman–Crippen LogP) is 1.64. The minimum absolute atomic E-state index is 0.704. The Morgan fingerprint density at radius 2 is 1.84 bits per heavy atom. The van der Waals surface area contributed by atoms with Crippen molar-refractivity contribution in [2.24, 2.45) is 0 Å². The first-order valence-corrected chi connectivity index (χ1v) is 7.90. The molecule has 0 spiro atoms. The van der Waals surface area contributed by atoms with Crippen LogP contribution in [0.3, 0.4) is 0 Å². The Morgan fingerprint density at radius 3 is 2.47 bits per heavy atom. The van der Waals surface area contributed by atoms with Crippen LogP contribution in [0.2, 0.25) is 0 Å². The molecule has 0 amide bonds. The van der Waals surface area contributed by atoms with E-state index in [1.807, 2.05) is 0 Å². The second-order valence-electron chi connectivity index (χ2n) is 5.85. The smallest absolute Gasteiger partial charge is 0.0700 e. The summed E-state index contributed by atoms with van der Waals surface area (Å²) in [6.45, 7) is 6.92. The third-order valence-electron chi connectivity index (χ3n) is 4.54. The summed E-state index contributed by atoms with van der Waals surface area (Å²) >= 11 is 0. The Balaban J connectivity index is 1.62. The van der Waals surface area contributed by atoms with E-state index in [0.29, 0.717) is 6.61 Å². The van der Waals surface area contributed by atoms with Crippen molar-refractivity contribution in [2.45, 2.75) is 57.2 Å². The standard InChI is InChI=1S/C15H30N2O2/c1-3-17(7-4-8-19-10-9-18-2)15-11-13-5-6-14(12-15)16-13/h13-16H,3-12H2,1-2H3. The predicted molar refractivity (Wildman–Crippen MR) is 77.5 cm³/mol. The molecule has 2 unspecified atom stereocenters. The SMILES string of the molecule is CCN(CCCOCCOC)C1CC2CCC(C1)N2. The zero-order chi connectivity index (χ0) is 13.5. The monoisotopic (exact) mass is 270 g/mol. The Labute approximate surface area is 117 Å². The summed E-state index contributed by atoms with van der Waals surface area (Å²) in [5.41, 5.74) is 0. The molecule has 0 aromatic rings. The van der Waals surface area contributed by atoms with E-state index in [-0.39, 0.29) is 0 Å². The molecule has 0 aliphatic carbocycles. The molecule has 0 aromatic carbocycles. The largest absolute Gasteiger partial charge is 0.382 e. The lowest BCUT2D eigenvalue weighted by Crippen LogP contribution is -2.48. The molecule has 2 bridgehead atoms. The highest BCUT2D eigenvalue weighted by Gasteiger charge is 2.35. The molecular formula is C15H30N2O2. The molecule has 19 heavy (non-hydrogen) atoms. The van der Waals surface area contributed by atoms with Gasteiger partial charge in [-0.25, -0.2) is 0 Å². The quantitative estimate of drug-likeness (QED) is 0.646. The third kappa shape index (κ3) is 4.71. The maximum atomic E-state index is 5.55. The summed E-state index contributed by atoms with van der Waals surface area (Å²) in [5, 5.41) is 3.72. The molecule has 2 heterocycles. The first kappa shape index (κ1) is 15.2. The maximum absolute atomic E-state index is 5.55. The first-order valence-electron chi connectivity index (χ1n) is 7.90. The van der Waals surface area contributed by atoms with Crippen LogP contribution in [0.1, 0.15) is 39.0 Å². The van der Waals surface area contributed by atoms with Crippen LogP contribution in [0.15, 0.2) is 0 Å². The maximum Gasteiger partial charge on any atom is 0.0700 e. The fraction of sp³-hybridized carbons (Fsp3) is 1.00. The molecule has 4 heteroatoms. The second-order valence-corrected chi connectivity index (χ2v) is 5.85. The lowest BCUT2D eigenvalue weighted by atomic mass is 9.98. The Kier molecular flexibility index (Phi) is 6.57. The van der Waals surface area contributed by atoms with Gasteiger partial charge in [0.05, 0.1) is 13.2 Å². The summed E-state index contributed by atoms with van der Waals surface area (Å²) in [4.78, 5) is 2.66. The van der Waals surface area contributed by atoms with Gasteiger partial charge in [0, 0.05) is 38.4 Å². The minimum Gasteiger partial charge on any atom is -0.382 e. The molecule has 2 aliphatic rings. The van der Waals surface area contributed by atoms with Crippen molar-refractivity contribution >= 4 is 0 Å². The van der Waals surface area contributed by atoms with Gasteiger partial charge in [0.15, 0.2) is 0 Å². The van der Waals surface area contributed by atoms with Crippen LogP contribution in [0, 0.1) is 0 Å². The number of hydrogen-bond acceptors (Lipinski definition) is 4. The number of fused-ring (bicyclic) bond motifs is 2. The second kappa shape index (κ2) is 8.20. The topological polar surface area (TPSA) is 33.7 Å². The summed E-state index contributed by atoms with van der Waals surface area (Å²) in [7, 11) is 1.72. The summed E-state index contributed by atoms with van der Waals surface area (Å²) in [5.74, 6) is 0. The molecule has 2 atom stereocenters. The van der Waals surface area contributed by atoms with Gasteiger partial charge in [0.2, 0.25) is 0 Å². The highest BCUT2D eigenvalue weighted by atomic mass is 16.5. The number of nitrogens with one attached hydrogen (secondary N) is 1. The number of nitrogens with zero attached hydrogens (tertiary/aromatic N) is 1. The summed E-state index contributed by atoms with van der Waals surface area (Å²) in [6, 6.07) is 2.37. The highest BCUT2D eigenvalue weighted by molar-refractivity contribution is 4.95. The number of rotatable bonds is 9. The van der Waals surface area contributed by atoms with Crippen LogP contribution in [-0.4, -0.2) is 63.0 Å². The van der Waals surface area contributed by atoms with Crippen LogP contribution in [0.4, 0.5) is 0 Å². The van der Waals surface area contributed by atoms with Gasteiger partial charge >= 0.3 is 0 Å². The van der Waals surface area contributed by atoms with Crippen LogP contribution < -0.4 is 5.32 Å². The Hall–Kier alpha value is -0.160. The normalized spacial score (nSPS) is 30.2. The van der Waals surface area contributed by atoms with Crippen LogP contribution in [-0.2, 0) is 9.47 Å². The van der Waals surface area contributed by atoms with Crippen LogP contribution in [0.25, 0.3) is 0 Å². The average Bonchev–Trinajstić information content (AvgIpc) is 2.77. The van der Waals surface area contributed by atoms with Crippen molar-refractivity contribution < 1.29 is 9.47 Å². The van der Waals surface area contributed by atoms with Gasteiger partial charge in [-0.05, 0) is 38.6 Å². The molecule has 0 radical (unpaired) electrons. The van der Waals surface area contributed by atoms with Gasteiger partial charge in [-0.2, -0.15) is 0 Å². The van der Waals surface area contributed by atoms with Gasteiger partial charge in [0.25, 0.3) is 0 Å². The lowest BCUT2D eigenvalue weighted by molar-refractivity contribution is 0.0603. The van der Waals surface area contributed by atoms with Gasteiger partial charge < -0.3 is 19.7 Å². The van der Waals surface area contributed by atoms with Crippen molar-refractivity contribution in [1.82, 2.24) is 10.2 Å². The van der Waals surface area contributed by atoms with Crippen molar-refractivity contribution in [3.05, 3.63) is 0 Å². The van der Waals surface area contributed by atoms with E-state index < -0.39 is 0 Å². The van der Waals surface area contributed by atoms with Gasteiger partial charge in [-0.15, -0.1) is 0 Å². The molecule has 1 N–H and O–H groups in total. The Bertz CT molecular complexity index is 238. The minimum atomic E-state index is 0.704. The van der Waals surface area contributed by atoms with Crippen molar-refractivity contribution in [2.75, 3.05) is 40.0 Å². The number of hydrogen-bond donors (Lipinski definition) is 1. The molecule has 2 rings (SSSR count). The van der Waals surface area contributed by atoms with E-state index in [2.05, 4.69) is 17.1 Å². The molecule has 0 aromatic heterocycles. The van der Waals surface area contributed by atoms with E-state index in [1.165, 1.54) is 38.8 Å². The summed E-state index contributed by atoms with van der Waals surface area (Å²) in [6.07, 6.45) is 6.60. The number of ether oxygens (including phenoxy) is 2. The first-order chi connectivity index (χ1) is 9.33. The number of piperidine rings is 1. The fourth-order valence-electron chi connectivity index (χ4n) is 3.54.